The zero-order valence-corrected chi connectivity index (χ0v) is 15.1. The van der Waals surface area contributed by atoms with Crippen molar-refractivity contribution >= 4 is 23.1 Å². The Morgan fingerprint density at radius 2 is 2.08 bits per heavy atom. The van der Waals surface area contributed by atoms with Crippen LogP contribution in [0.25, 0.3) is 16.9 Å². The molecule has 0 fully saturated rings. The monoisotopic (exact) mass is 353 g/mol. The van der Waals surface area contributed by atoms with Gasteiger partial charge in [0.05, 0.1) is 24.5 Å². The molecule has 26 heavy (non-hydrogen) atoms. The van der Waals surface area contributed by atoms with Gasteiger partial charge in [-0.1, -0.05) is 26.0 Å². The number of hydrogen-bond donors (Lipinski definition) is 3. The molecular weight excluding hydrogens is 330 g/mol. The second-order valence-electron chi connectivity index (χ2n) is 6.57. The number of aliphatic hydroxyl groups is 1. The number of benzene rings is 1. The number of nitrogens with one attached hydrogen (secondary N) is 2. The van der Waals surface area contributed by atoms with E-state index in [-0.39, 0.29) is 24.5 Å². The number of carbonyl (C=O) groups is 1. The topological polar surface area (TPSA) is 91.5 Å². The lowest BCUT2D eigenvalue weighted by molar-refractivity contribution is -0.114. The predicted octanol–water partition coefficient (Wildman–Crippen LogP) is 2.78. The van der Waals surface area contributed by atoms with Gasteiger partial charge in [-0.15, -0.1) is 5.10 Å². The molecule has 0 aliphatic carbocycles. The molecule has 1 amide bonds. The number of amides is 1. The Morgan fingerprint density at radius 1 is 1.27 bits per heavy atom. The second-order valence-corrected chi connectivity index (χ2v) is 6.57. The van der Waals surface area contributed by atoms with Crippen molar-refractivity contribution in [1.29, 1.82) is 0 Å². The third kappa shape index (κ3) is 3.83. The zero-order valence-electron chi connectivity index (χ0n) is 15.1. The fraction of sp³-hybridized carbons (Fsp3) is 0.316. The summed E-state index contributed by atoms with van der Waals surface area (Å²) in [4.78, 5) is 15.7. The minimum absolute atomic E-state index is 0.0347. The van der Waals surface area contributed by atoms with E-state index in [0.29, 0.717) is 5.82 Å². The standard InChI is InChI=1S/C19H23N5O2/c1-12(2)16(11-25)22-18-7-8-19-20-10-17(24(19)23-18)14-5-4-6-15(9-14)21-13(3)26/h4-10,12,16,25H,11H2,1-3H3,(H,21,26)(H,22,23). The van der Waals surface area contributed by atoms with Crippen molar-refractivity contribution in [3.63, 3.8) is 0 Å². The Bertz CT molecular complexity index is 919. The van der Waals surface area contributed by atoms with E-state index in [1.54, 1.807) is 10.7 Å². The summed E-state index contributed by atoms with van der Waals surface area (Å²) < 4.78 is 1.75. The Labute approximate surface area is 152 Å². The van der Waals surface area contributed by atoms with Crippen molar-refractivity contribution < 1.29 is 9.90 Å². The number of aliphatic hydroxyl groups excluding tert-OH is 1. The number of carbonyl (C=O) groups excluding carboxylic acids is 1. The molecule has 1 unspecified atom stereocenters. The van der Waals surface area contributed by atoms with Crippen LogP contribution >= 0.6 is 0 Å². The summed E-state index contributed by atoms with van der Waals surface area (Å²) in [5.74, 6) is 0.824. The molecule has 0 bridgehead atoms. The molecule has 1 aromatic carbocycles. The molecular formula is C19H23N5O2. The quantitative estimate of drug-likeness (QED) is 0.634. The van der Waals surface area contributed by atoms with Crippen LogP contribution in [0.15, 0.2) is 42.6 Å². The molecule has 0 aliphatic heterocycles. The number of anilines is 2. The van der Waals surface area contributed by atoms with E-state index < -0.39 is 0 Å². The van der Waals surface area contributed by atoms with E-state index in [1.807, 2.05) is 50.2 Å². The molecule has 2 heterocycles. The molecule has 3 N–H and O–H groups in total. The molecule has 0 saturated carbocycles. The summed E-state index contributed by atoms with van der Waals surface area (Å²) in [6.07, 6.45) is 1.75. The van der Waals surface area contributed by atoms with Gasteiger partial charge in [-0.2, -0.15) is 0 Å². The summed E-state index contributed by atoms with van der Waals surface area (Å²) in [5.41, 5.74) is 3.16. The average Bonchev–Trinajstić information content (AvgIpc) is 3.02. The number of imidazole rings is 1. The third-order valence-corrected chi connectivity index (χ3v) is 4.18. The normalized spacial score (nSPS) is 12.3. The Morgan fingerprint density at radius 3 is 2.77 bits per heavy atom. The molecule has 0 aliphatic rings. The zero-order chi connectivity index (χ0) is 18.7. The van der Waals surface area contributed by atoms with Gasteiger partial charge >= 0.3 is 0 Å². The lowest BCUT2D eigenvalue weighted by atomic mass is 10.1. The first-order chi connectivity index (χ1) is 12.5. The van der Waals surface area contributed by atoms with Crippen LogP contribution < -0.4 is 10.6 Å². The Balaban J connectivity index is 1.97. The van der Waals surface area contributed by atoms with E-state index in [9.17, 15) is 9.90 Å². The molecule has 0 radical (unpaired) electrons. The lowest BCUT2D eigenvalue weighted by Crippen LogP contribution is -2.30. The van der Waals surface area contributed by atoms with E-state index in [0.717, 1.165) is 22.6 Å². The number of fused-ring (bicyclic) bond motifs is 1. The molecule has 0 spiro atoms. The largest absolute Gasteiger partial charge is 0.394 e. The Kier molecular flexibility index (Phi) is 5.18. The van der Waals surface area contributed by atoms with Crippen molar-refractivity contribution in [2.24, 2.45) is 5.92 Å². The maximum absolute atomic E-state index is 11.3. The second kappa shape index (κ2) is 7.53. The van der Waals surface area contributed by atoms with Gasteiger partial charge in [-0.3, -0.25) is 4.79 Å². The van der Waals surface area contributed by atoms with Gasteiger partial charge in [0.25, 0.3) is 0 Å². The number of aromatic nitrogens is 3. The van der Waals surface area contributed by atoms with Crippen LogP contribution in [0.5, 0.6) is 0 Å². The van der Waals surface area contributed by atoms with Crippen molar-refractivity contribution in [3.8, 4) is 11.3 Å². The molecule has 7 nitrogen and oxygen atoms in total. The minimum Gasteiger partial charge on any atom is -0.394 e. The van der Waals surface area contributed by atoms with Crippen LogP contribution in [-0.4, -0.2) is 38.3 Å². The van der Waals surface area contributed by atoms with Crippen LogP contribution in [0.1, 0.15) is 20.8 Å². The predicted molar refractivity (Wildman–Crippen MR) is 102 cm³/mol. The maximum Gasteiger partial charge on any atom is 0.221 e. The van der Waals surface area contributed by atoms with Crippen molar-refractivity contribution in [1.82, 2.24) is 14.6 Å². The summed E-state index contributed by atoms with van der Waals surface area (Å²) in [6.45, 7) is 5.60. The smallest absolute Gasteiger partial charge is 0.221 e. The minimum atomic E-state index is -0.117. The molecule has 0 saturated heterocycles. The van der Waals surface area contributed by atoms with Crippen molar-refractivity contribution in [3.05, 3.63) is 42.6 Å². The summed E-state index contributed by atoms with van der Waals surface area (Å²) in [7, 11) is 0. The van der Waals surface area contributed by atoms with E-state index >= 15 is 0 Å². The van der Waals surface area contributed by atoms with Gasteiger partial charge < -0.3 is 15.7 Å². The van der Waals surface area contributed by atoms with E-state index in [4.69, 9.17) is 0 Å². The molecule has 2 aromatic heterocycles. The van der Waals surface area contributed by atoms with Crippen LogP contribution in [-0.2, 0) is 4.79 Å². The fourth-order valence-electron chi connectivity index (χ4n) is 2.72. The van der Waals surface area contributed by atoms with Crippen molar-refractivity contribution in [2.45, 2.75) is 26.8 Å². The van der Waals surface area contributed by atoms with Crippen LogP contribution in [0.4, 0.5) is 11.5 Å². The van der Waals surface area contributed by atoms with Gasteiger partial charge in [0.1, 0.15) is 5.82 Å². The molecule has 3 rings (SSSR count). The lowest BCUT2D eigenvalue weighted by Gasteiger charge is -2.20. The van der Waals surface area contributed by atoms with Gasteiger partial charge in [0.2, 0.25) is 5.91 Å². The Hall–Kier alpha value is -2.93. The van der Waals surface area contributed by atoms with E-state index in [1.165, 1.54) is 6.92 Å². The maximum atomic E-state index is 11.3. The number of rotatable bonds is 6. The van der Waals surface area contributed by atoms with Crippen LogP contribution in [0.3, 0.4) is 0 Å². The number of nitrogens with zero attached hydrogens (tertiary/aromatic N) is 3. The van der Waals surface area contributed by atoms with Crippen LogP contribution in [0, 0.1) is 5.92 Å². The molecule has 7 heteroatoms. The summed E-state index contributed by atoms with van der Waals surface area (Å²) in [6, 6.07) is 11.2. The SMILES string of the molecule is CC(=O)Nc1cccc(-c2cnc3ccc(NC(CO)C(C)C)nn23)c1. The first-order valence-corrected chi connectivity index (χ1v) is 8.58. The van der Waals surface area contributed by atoms with Gasteiger partial charge in [-0.05, 0) is 30.2 Å². The van der Waals surface area contributed by atoms with Gasteiger partial charge in [0.15, 0.2) is 5.65 Å². The summed E-state index contributed by atoms with van der Waals surface area (Å²) in [5, 5.41) is 20.2. The molecule has 1 atom stereocenters. The van der Waals surface area contributed by atoms with Gasteiger partial charge in [0, 0.05) is 18.2 Å². The summed E-state index contributed by atoms with van der Waals surface area (Å²) >= 11 is 0. The molecule has 3 aromatic rings. The van der Waals surface area contributed by atoms with Gasteiger partial charge in [-0.25, -0.2) is 9.50 Å². The fourth-order valence-corrected chi connectivity index (χ4v) is 2.72. The van der Waals surface area contributed by atoms with E-state index in [2.05, 4.69) is 20.7 Å². The number of hydrogen-bond acceptors (Lipinski definition) is 5. The average molecular weight is 353 g/mol. The first-order valence-electron chi connectivity index (χ1n) is 8.58. The highest BCUT2D eigenvalue weighted by Crippen LogP contribution is 2.24. The highest BCUT2D eigenvalue weighted by Gasteiger charge is 2.14. The molecule has 136 valence electrons. The highest BCUT2D eigenvalue weighted by molar-refractivity contribution is 5.89. The third-order valence-electron chi connectivity index (χ3n) is 4.18. The van der Waals surface area contributed by atoms with Crippen LogP contribution in [0.2, 0.25) is 0 Å². The highest BCUT2D eigenvalue weighted by atomic mass is 16.3. The van der Waals surface area contributed by atoms with Crippen molar-refractivity contribution in [2.75, 3.05) is 17.2 Å². The first kappa shape index (κ1) is 17.9.